The number of nitrogens with one attached hydrogen (secondary N) is 2. The average Bonchev–Trinajstić information content (AvgIpc) is 2.84. The van der Waals surface area contributed by atoms with Crippen molar-refractivity contribution in [3.05, 3.63) is 77.9 Å². The Balaban J connectivity index is 1.76. The van der Waals surface area contributed by atoms with E-state index in [9.17, 15) is 19.2 Å². The molecule has 196 valence electrons. The quantitative estimate of drug-likeness (QED) is 0.274. The zero-order valence-electron chi connectivity index (χ0n) is 20.9. The molecule has 2 amide bonds. The molecule has 10 heteroatoms. The van der Waals surface area contributed by atoms with E-state index in [1.54, 1.807) is 45.1 Å². The lowest BCUT2D eigenvalue weighted by Gasteiger charge is -2.23. The summed E-state index contributed by atoms with van der Waals surface area (Å²) in [6.07, 6.45) is 1.60. The van der Waals surface area contributed by atoms with Gasteiger partial charge in [0.05, 0.1) is 6.04 Å². The van der Waals surface area contributed by atoms with Gasteiger partial charge in [0.15, 0.2) is 0 Å². The van der Waals surface area contributed by atoms with Crippen LogP contribution < -0.4 is 15.4 Å². The first kappa shape index (κ1) is 27.3. The fraction of sp³-hybridized carbons (Fsp3) is 0.333. The summed E-state index contributed by atoms with van der Waals surface area (Å²) in [7, 11) is 0. The van der Waals surface area contributed by atoms with Crippen LogP contribution in [-0.2, 0) is 25.6 Å². The molecule has 3 rings (SSSR count). The molecule has 0 aromatic heterocycles. The molecule has 10 nitrogen and oxygen atoms in total. The third kappa shape index (κ3) is 8.99. The number of fused-ring (bicyclic) bond motifs is 1. The number of alkyl carbamates (subject to hydrolysis) is 2. The number of ether oxygens (including phenoxy) is 4. The number of hydrogen-bond acceptors (Lipinski definition) is 8. The molecule has 2 atom stereocenters. The van der Waals surface area contributed by atoms with E-state index in [4.69, 9.17) is 18.9 Å². The number of cyclic esters (lactones) is 1. The highest BCUT2D eigenvalue weighted by molar-refractivity contribution is 5.94. The number of rotatable bonds is 4. The molecule has 2 aromatic rings. The molecule has 0 unspecified atom stereocenters. The van der Waals surface area contributed by atoms with Gasteiger partial charge in [-0.25, -0.2) is 19.2 Å². The van der Waals surface area contributed by atoms with Crippen molar-refractivity contribution in [2.45, 2.75) is 51.5 Å². The van der Waals surface area contributed by atoms with Gasteiger partial charge in [0.1, 0.15) is 36.2 Å². The van der Waals surface area contributed by atoms with Crippen molar-refractivity contribution in [2.24, 2.45) is 0 Å². The molecule has 0 fully saturated rings. The van der Waals surface area contributed by atoms with Crippen molar-refractivity contribution in [1.82, 2.24) is 10.6 Å². The predicted molar refractivity (Wildman–Crippen MR) is 133 cm³/mol. The summed E-state index contributed by atoms with van der Waals surface area (Å²) >= 11 is 0. The van der Waals surface area contributed by atoms with Crippen molar-refractivity contribution >= 4 is 24.1 Å². The largest absolute Gasteiger partial charge is 0.459 e. The molecule has 1 aliphatic heterocycles. The molecular weight excluding hydrogens is 480 g/mol. The Morgan fingerprint density at radius 1 is 0.973 bits per heavy atom. The minimum absolute atomic E-state index is 0.0156. The first-order chi connectivity index (χ1) is 17.6. The van der Waals surface area contributed by atoms with Crippen LogP contribution in [0.5, 0.6) is 5.75 Å². The summed E-state index contributed by atoms with van der Waals surface area (Å²) in [5.41, 5.74) is 0.0482. The predicted octanol–water partition coefficient (Wildman–Crippen LogP) is 3.90. The molecule has 37 heavy (non-hydrogen) atoms. The summed E-state index contributed by atoms with van der Waals surface area (Å²) in [4.78, 5) is 50.3. The lowest BCUT2D eigenvalue weighted by molar-refractivity contribution is -0.136. The summed E-state index contributed by atoms with van der Waals surface area (Å²) in [5, 5.41) is 5.13. The van der Waals surface area contributed by atoms with Gasteiger partial charge in [-0.2, -0.15) is 0 Å². The zero-order valence-corrected chi connectivity index (χ0v) is 20.9. The van der Waals surface area contributed by atoms with Gasteiger partial charge < -0.3 is 29.6 Å². The van der Waals surface area contributed by atoms with E-state index < -0.39 is 41.8 Å². The minimum Gasteiger partial charge on any atom is -0.459 e. The second-order valence-electron chi connectivity index (χ2n) is 9.19. The van der Waals surface area contributed by atoms with Gasteiger partial charge >= 0.3 is 24.1 Å². The van der Waals surface area contributed by atoms with Crippen LogP contribution in [0.4, 0.5) is 9.59 Å². The topological polar surface area (TPSA) is 129 Å². The number of hydrogen-bond donors (Lipinski definition) is 2. The highest BCUT2D eigenvalue weighted by atomic mass is 16.6. The molecule has 0 aliphatic carbocycles. The Morgan fingerprint density at radius 2 is 1.68 bits per heavy atom. The van der Waals surface area contributed by atoms with Crippen LogP contribution in [0.15, 0.2) is 66.7 Å². The van der Waals surface area contributed by atoms with Crippen LogP contribution in [0.25, 0.3) is 0 Å². The standard InChI is InChI=1S/C27H30N2O8/c1-27(2,3)37-26(33)29-21-14-9-12-19(28-25(32)35-16-18-10-5-4-6-11-18)17-34-23(30)20-13-7-8-15-22(20)36-24(21)31/h4-13,15,19,21H,14,16-17H2,1-3H3,(H,28,32)(H,29,33)/b12-9+/t19-,21+/m1/s1. The average molecular weight is 511 g/mol. The number of carbonyl (C=O) groups excluding carboxylic acids is 4. The first-order valence-electron chi connectivity index (χ1n) is 11.7. The molecule has 1 heterocycles. The maximum Gasteiger partial charge on any atom is 0.408 e. The van der Waals surface area contributed by atoms with E-state index in [-0.39, 0.29) is 30.9 Å². The molecular formula is C27H30N2O8. The van der Waals surface area contributed by atoms with E-state index in [1.165, 1.54) is 12.1 Å². The summed E-state index contributed by atoms with van der Waals surface area (Å²) in [6.45, 7) is 4.94. The molecule has 0 saturated heterocycles. The lowest BCUT2D eigenvalue weighted by Crippen LogP contribution is -2.45. The normalized spacial score (nSPS) is 19.0. The Morgan fingerprint density at radius 3 is 2.41 bits per heavy atom. The van der Waals surface area contributed by atoms with Crippen molar-refractivity contribution in [1.29, 1.82) is 0 Å². The van der Waals surface area contributed by atoms with Gasteiger partial charge in [-0.1, -0.05) is 54.6 Å². The fourth-order valence-corrected chi connectivity index (χ4v) is 3.25. The monoisotopic (exact) mass is 510 g/mol. The van der Waals surface area contributed by atoms with Gasteiger partial charge in [-0.15, -0.1) is 0 Å². The molecule has 0 spiro atoms. The maximum absolute atomic E-state index is 12.9. The van der Waals surface area contributed by atoms with Crippen molar-refractivity contribution < 1.29 is 38.1 Å². The molecule has 0 saturated carbocycles. The van der Waals surface area contributed by atoms with E-state index in [1.807, 2.05) is 30.3 Å². The van der Waals surface area contributed by atoms with Crippen molar-refractivity contribution in [3.63, 3.8) is 0 Å². The maximum atomic E-state index is 12.9. The Labute approximate surface area is 214 Å². The van der Waals surface area contributed by atoms with Gasteiger partial charge in [0.2, 0.25) is 0 Å². The number of carbonyl (C=O) groups is 4. The van der Waals surface area contributed by atoms with Gasteiger partial charge in [-0.3, -0.25) is 0 Å². The van der Waals surface area contributed by atoms with E-state index in [0.29, 0.717) is 0 Å². The van der Waals surface area contributed by atoms with Crippen LogP contribution in [0, 0.1) is 0 Å². The van der Waals surface area contributed by atoms with E-state index in [2.05, 4.69) is 10.6 Å². The Kier molecular flexibility index (Phi) is 9.26. The minimum atomic E-state index is -1.12. The molecule has 0 bridgehead atoms. The highest BCUT2D eigenvalue weighted by Gasteiger charge is 2.27. The van der Waals surface area contributed by atoms with Gasteiger partial charge in [-0.05, 0) is 44.9 Å². The van der Waals surface area contributed by atoms with Crippen LogP contribution >= 0.6 is 0 Å². The second-order valence-corrected chi connectivity index (χ2v) is 9.19. The third-order valence-corrected chi connectivity index (χ3v) is 4.94. The highest BCUT2D eigenvalue weighted by Crippen LogP contribution is 2.21. The number of para-hydroxylation sites is 1. The SMILES string of the molecule is CC(C)(C)OC(=O)N[C@H]1C/C=C/[C@@H](NC(=O)OCc2ccccc2)COC(=O)c2ccccc2OC1=O. The number of amides is 2. The van der Waals surface area contributed by atoms with Crippen LogP contribution in [0.1, 0.15) is 43.1 Å². The Bertz CT molecular complexity index is 1140. The Hall–Kier alpha value is -4.34. The number of esters is 2. The van der Waals surface area contributed by atoms with Gasteiger partial charge in [0, 0.05) is 0 Å². The second kappa shape index (κ2) is 12.6. The first-order valence-corrected chi connectivity index (χ1v) is 11.7. The van der Waals surface area contributed by atoms with Crippen molar-refractivity contribution in [3.8, 4) is 5.75 Å². The van der Waals surface area contributed by atoms with E-state index in [0.717, 1.165) is 5.56 Å². The van der Waals surface area contributed by atoms with Crippen LogP contribution in [-0.4, -0.2) is 48.4 Å². The van der Waals surface area contributed by atoms with Crippen molar-refractivity contribution in [2.75, 3.05) is 6.61 Å². The smallest absolute Gasteiger partial charge is 0.408 e. The molecule has 2 aromatic carbocycles. The number of benzene rings is 2. The fourth-order valence-electron chi connectivity index (χ4n) is 3.25. The third-order valence-electron chi connectivity index (χ3n) is 4.94. The van der Waals surface area contributed by atoms with Gasteiger partial charge in [0.25, 0.3) is 0 Å². The van der Waals surface area contributed by atoms with E-state index >= 15 is 0 Å². The summed E-state index contributed by atoms with van der Waals surface area (Å²) in [6, 6.07) is 13.3. The van der Waals surface area contributed by atoms with Crippen LogP contribution in [0.2, 0.25) is 0 Å². The summed E-state index contributed by atoms with van der Waals surface area (Å²) < 4.78 is 21.3. The molecule has 2 N–H and O–H groups in total. The summed E-state index contributed by atoms with van der Waals surface area (Å²) in [5.74, 6) is -1.58. The van der Waals surface area contributed by atoms with Crippen LogP contribution in [0.3, 0.4) is 0 Å². The lowest BCUT2D eigenvalue weighted by atomic mass is 10.1. The molecule has 0 radical (unpaired) electrons. The zero-order chi connectivity index (χ0) is 26.8. The molecule has 1 aliphatic rings.